The van der Waals surface area contributed by atoms with Crippen molar-refractivity contribution in [1.82, 2.24) is 4.98 Å². The molecule has 1 atom stereocenters. The van der Waals surface area contributed by atoms with Gasteiger partial charge in [0.15, 0.2) is 5.13 Å². The Bertz CT molecular complexity index is 699. The normalized spacial score (nSPS) is 17.0. The van der Waals surface area contributed by atoms with E-state index in [0.29, 0.717) is 6.54 Å². The van der Waals surface area contributed by atoms with Crippen molar-refractivity contribution >= 4 is 28.1 Å². The van der Waals surface area contributed by atoms with Gasteiger partial charge in [-0.15, -0.1) is 11.3 Å². The summed E-state index contributed by atoms with van der Waals surface area (Å²) in [5, 5.41) is 2.80. The minimum absolute atomic E-state index is 0.0266. The van der Waals surface area contributed by atoms with E-state index in [4.69, 9.17) is 5.73 Å². The van der Waals surface area contributed by atoms with Crippen molar-refractivity contribution in [3.63, 3.8) is 0 Å². The van der Waals surface area contributed by atoms with Crippen LogP contribution in [-0.2, 0) is 17.8 Å². The predicted molar refractivity (Wildman–Crippen MR) is 95.0 cm³/mol. The van der Waals surface area contributed by atoms with Gasteiger partial charge in [0.25, 0.3) is 0 Å². The van der Waals surface area contributed by atoms with Gasteiger partial charge >= 0.3 is 0 Å². The third kappa shape index (κ3) is 3.38. The standard InChI is InChI=1S/C17H22N4OS/c1-3-21(12(2)22)17-19-15(11-23-17)10-20-9-14(18)8-13-6-4-5-7-16(13)20/h4-7,11,14H,3,8-10,18H2,1-2H3. The first-order valence-electron chi connectivity index (χ1n) is 7.89. The molecule has 122 valence electrons. The lowest BCUT2D eigenvalue weighted by molar-refractivity contribution is -0.116. The highest BCUT2D eigenvalue weighted by Crippen LogP contribution is 2.29. The number of aromatic nitrogens is 1. The van der Waals surface area contributed by atoms with Crippen LogP contribution < -0.4 is 15.5 Å². The lowest BCUT2D eigenvalue weighted by Gasteiger charge is -2.34. The summed E-state index contributed by atoms with van der Waals surface area (Å²) in [6.45, 7) is 5.72. The van der Waals surface area contributed by atoms with Crippen molar-refractivity contribution in [3.8, 4) is 0 Å². The van der Waals surface area contributed by atoms with Crippen LogP contribution in [0.15, 0.2) is 29.6 Å². The van der Waals surface area contributed by atoms with Crippen LogP contribution in [-0.4, -0.2) is 30.0 Å². The van der Waals surface area contributed by atoms with Crippen LogP contribution in [0.4, 0.5) is 10.8 Å². The van der Waals surface area contributed by atoms with Gasteiger partial charge in [0.1, 0.15) is 0 Å². The Morgan fingerprint density at radius 1 is 1.48 bits per heavy atom. The fourth-order valence-corrected chi connectivity index (χ4v) is 3.97. The Morgan fingerprint density at radius 2 is 2.26 bits per heavy atom. The lowest BCUT2D eigenvalue weighted by atomic mass is 9.98. The van der Waals surface area contributed by atoms with Crippen LogP contribution in [0.2, 0.25) is 0 Å². The zero-order chi connectivity index (χ0) is 16.4. The van der Waals surface area contributed by atoms with E-state index in [1.807, 2.05) is 12.3 Å². The van der Waals surface area contributed by atoms with Crippen LogP contribution >= 0.6 is 11.3 Å². The summed E-state index contributed by atoms with van der Waals surface area (Å²) in [4.78, 5) is 20.3. The molecule has 23 heavy (non-hydrogen) atoms. The van der Waals surface area contributed by atoms with Crippen molar-refractivity contribution in [3.05, 3.63) is 40.9 Å². The number of nitrogens with two attached hydrogens (primary N) is 1. The Kier molecular flexibility index (Phi) is 4.63. The fourth-order valence-electron chi connectivity index (χ4n) is 3.05. The number of fused-ring (bicyclic) bond motifs is 1. The molecule has 6 heteroatoms. The Labute approximate surface area is 140 Å². The summed E-state index contributed by atoms with van der Waals surface area (Å²) in [6, 6.07) is 8.55. The highest BCUT2D eigenvalue weighted by Gasteiger charge is 2.23. The quantitative estimate of drug-likeness (QED) is 0.935. The number of hydrogen-bond acceptors (Lipinski definition) is 5. The van der Waals surface area contributed by atoms with Gasteiger partial charge in [-0.25, -0.2) is 4.98 Å². The Morgan fingerprint density at radius 3 is 3.00 bits per heavy atom. The van der Waals surface area contributed by atoms with Crippen molar-refractivity contribution in [2.45, 2.75) is 32.9 Å². The number of para-hydroxylation sites is 1. The van der Waals surface area contributed by atoms with E-state index >= 15 is 0 Å². The van der Waals surface area contributed by atoms with Crippen LogP contribution in [0.25, 0.3) is 0 Å². The second-order valence-electron chi connectivity index (χ2n) is 5.86. The largest absolute Gasteiger partial charge is 0.364 e. The highest BCUT2D eigenvalue weighted by molar-refractivity contribution is 7.14. The molecule has 2 aromatic rings. The van der Waals surface area contributed by atoms with E-state index in [-0.39, 0.29) is 11.9 Å². The van der Waals surface area contributed by atoms with Gasteiger partial charge in [-0.05, 0) is 25.0 Å². The molecule has 0 aliphatic carbocycles. The van der Waals surface area contributed by atoms with E-state index in [0.717, 1.165) is 30.3 Å². The van der Waals surface area contributed by atoms with Gasteiger partial charge in [-0.2, -0.15) is 0 Å². The molecule has 1 aromatic heterocycles. The number of rotatable bonds is 4. The number of benzene rings is 1. The Balaban J connectivity index is 1.80. The molecule has 0 fully saturated rings. The molecule has 0 saturated carbocycles. The molecule has 1 aromatic carbocycles. The minimum atomic E-state index is 0.0266. The molecule has 0 spiro atoms. The molecule has 0 bridgehead atoms. The summed E-state index contributed by atoms with van der Waals surface area (Å²) in [6.07, 6.45) is 0.920. The predicted octanol–water partition coefficient (Wildman–Crippen LogP) is 2.41. The van der Waals surface area contributed by atoms with Gasteiger partial charge in [-0.1, -0.05) is 18.2 Å². The zero-order valence-corrected chi connectivity index (χ0v) is 14.3. The van der Waals surface area contributed by atoms with E-state index in [1.54, 1.807) is 11.8 Å². The fraction of sp³-hybridized carbons (Fsp3) is 0.412. The van der Waals surface area contributed by atoms with Gasteiger partial charge in [0.2, 0.25) is 5.91 Å². The smallest absolute Gasteiger partial charge is 0.225 e. The third-order valence-corrected chi connectivity index (χ3v) is 5.00. The molecule has 2 heterocycles. The molecule has 0 saturated heterocycles. The molecule has 1 aliphatic rings. The van der Waals surface area contributed by atoms with Gasteiger partial charge in [0, 0.05) is 37.1 Å². The van der Waals surface area contributed by atoms with Crippen LogP contribution in [0.5, 0.6) is 0 Å². The third-order valence-electron chi connectivity index (χ3n) is 4.09. The van der Waals surface area contributed by atoms with Gasteiger partial charge < -0.3 is 10.6 Å². The molecule has 5 nitrogen and oxygen atoms in total. The molecule has 1 amide bonds. The zero-order valence-electron chi connectivity index (χ0n) is 13.5. The van der Waals surface area contributed by atoms with Crippen molar-refractivity contribution < 1.29 is 4.79 Å². The van der Waals surface area contributed by atoms with E-state index in [2.05, 4.69) is 34.1 Å². The highest BCUT2D eigenvalue weighted by atomic mass is 32.1. The maximum Gasteiger partial charge on any atom is 0.225 e. The average molecular weight is 330 g/mol. The number of thiazole rings is 1. The average Bonchev–Trinajstić information content (AvgIpc) is 2.95. The number of carbonyl (C=O) groups excluding carboxylic acids is 1. The number of hydrogen-bond donors (Lipinski definition) is 1. The van der Waals surface area contributed by atoms with Crippen molar-refractivity contribution in [2.24, 2.45) is 5.73 Å². The van der Waals surface area contributed by atoms with E-state index in [9.17, 15) is 4.79 Å². The molecule has 3 rings (SSSR count). The molecular formula is C17H22N4OS. The maximum absolute atomic E-state index is 11.6. The molecule has 1 unspecified atom stereocenters. The summed E-state index contributed by atoms with van der Waals surface area (Å²) in [5.74, 6) is 0.0266. The maximum atomic E-state index is 11.6. The number of nitrogens with zero attached hydrogens (tertiary/aromatic N) is 3. The molecule has 0 radical (unpaired) electrons. The molecular weight excluding hydrogens is 308 g/mol. The SMILES string of the molecule is CCN(C(C)=O)c1nc(CN2CC(N)Cc3ccccc32)cs1. The Hall–Kier alpha value is -1.92. The van der Waals surface area contributed by atoms with Crippen LogP contribution in [0.3, 0.4) is 0 Å². The summed E-state index contributed by atoms with van der Waals surface area (Å²) >= 11 is 1.52. The second kappa shape index (κ2) is 6.68. The lowest BCUT2D eigenvalue weighted by Crippen LogP contribution is -2.42. The van der Waals surface area contributed by atoms with E-state index in [1.165, 1.54) is 22.6 Å². The summed E-state index contributed by atoms with van der Waals surface area (Å²) < 4.78 is 0. The number of carbonyl (C=O) groups is 1. The summed E-state index contributed by atoms with van der Waals surface area (Å²) in [7, 11) is 0. The minimum Gasteiger partial charge on any atom is -0.364 e. The van der Waals surface area contributed by atoms with Crippen LogP contribution in [0, 0.1) is 0 Å². The summed E-state index contributed by atoms with van der Waals surface area (Å²) in [5.41, 5.74) is 9.71. The van der Waals surface area contributed by atoms with Gasteiger partial charge in [0.05, 0.1) is 12.2 Å². The van der Waals surface area contributed by atoms with Crippen molar-refractivity contribution in [1.29, 1.82) is 0 Å². The number of amides is 1. The second-order valence-corrected chi connectivity index (χ2v) is 6.69. The van der Waals surface area contributed by atoms with Crippen LogP contribution in [0.1, 0.15) is 25.1 Å². The molecule has 1 aliphatic heterocycles. The topological polar surface area (TPSA) is 62.5 Å². The first kappa shape index (κ1) is 16.0. The monoisotopic (exact) mass is 330 g/mol. The first-order chi connectivity index (χ1) is 11.1. The van der Waals surface area contributed by atoms with Crippen molar-refractivity contribution in [2.75, 3.05) is 22.9 Å². The first-order valence-corrected chi connectivity index (χ1v) is 8.77. The van der Waals surface area contributed by atoms with E-state index < -0.39 is 0 Å². The van der Waals surface area contributed by atoms with Gasteiger partial charge in [-0.3, -0.25) is 9.69 Å². The number of anilines is 2. The molecule has 2 N–H and O–H groups in total.